The van der Waals surface area contributed by atoms with E-state index < -0.39 is 11.9 Å². The lowest BCUT2D eigenvalue weighted by Gasteiger charge is -2.11. The Morgan fingerprint density at radius 2 is 1.82 bits per heavy atom. The first kappa shape index (κ1) is 15.4. The fourth-order valence-corrected chi connectivity index (χ4v) is 1.23. The second-order valence-electron chi connectivity index (χ2n) is 3.40. The minimum absolute atomic E-state index is 0. The molecule has 0 radical (unpaired) electrons. The molecular weight excluding hydrogens is 242 g/mol. The zero-order chi connectivity index (χ0) is 12.0. The van der Waals surface area contributed by atoms with Crippen LogP contribution in [0.15, 0.2) is 30.3 Å². The summed E-state index contributed by atoms with van der Waals surface area (Å²) < 4.78 is 0. The molecule has 0 spiro atoms. The van der Waals surface area contributed by atoms with Gasteiger partial charge in [0.2, 0.25) is 11.8 Å². The largest absolute Gasteiger partial charge is 0.370 e. The van der Waals surface area contributed by atoms with Crippen molar-refractivity contribution in [3.05, 3.63) is 35.9 Å². The molecular formula is C11H16ClN3O2. The number of carbonyl (C=O) groups is 2. The van der Waals surface area contributed by atoms with E-state index in [9.17, 15) is 9.59 Å². The number of halogens is 1. The Morgan fingerprint density at radius 3 is 2.35 bits per heavy atom. The third-order valence-corrected chi connectivity index (χ3v) is 2.11. The summed E-state index contributed by atoms with van der Waals surface area (Å²) in [6.07, 6.45) is 0.118. The van der Waals surface area contributed by atoms with E-state index in [1.54, 1.807) is 12.1 Å². The summed E-state index contributed by atoms with van der Waals surface area (Å²) in [7, 11) is 0. The topological polar surface area (TPSA) is 98.2 Å². The van der Waals surface area contributed by atoms with Gasteiger partial charge < -0.3 is 16.8 Å². The zero-order valence-corrected chi connectivity index (χ0v) is 10.1. The van der Waals surface area contributed by atoms with Crippen LogP contribution in [-0.4, -0.2) is 18.4 Å². The average Bonchev–Trinajstić information content (AvgIpc) is 2.28. The van der Waals surface area contributed by atoms with E-state index in [2.05, 4.69) is 5.32 Å². The molecule has 1 rings (SSSR count). The molecule has 5 nitrogen and oxygen atoms in total. The number of primary amides is 1. The quantitative estimate of drug-likeness (QED) is 0.698. The van der Waals surface area contributed by atoms with Crippen molar-refractivity contribution in [2.24, 2.45) is 11.5 Å². The molecule has 6 heteroatoms. The van der Waals surface area contributed by atoms with Crippen molar-refractivity contribution in [3.63, 3.8) is 0 Å². The van der Waals surface area contributed by atoms with Crippen LogP contribution < -0.4 is 16.8 Å². The summed E-state index contributed by atoms with van der Waals surface area (Å²) in [5.74, 6) is -0.763. The average molecular weight is 258 g/mol. The third-order valence-electron chi connectivity index (χ3n) is 2.11. The van der Waals surface area contributed by atoms with Crippen molar-refractivity contribution < 1.29 is 9.59 Å². The number of hydrogen-bond acceptors (Lipinski definition) is 3. The molecule has 0 aliphatic rings. The van der Waals surface area contributed by atoms with Crippen molar-refractivity contribution in [1.82, 2.24) is 5.32 Å². The van der Waals surface area contributed by atoms with Gasteiger partial charge in [-0.1, -0.05) is 30.3 Å². The number of nitrogens with two attached hydrogens (primary N) is 2. The molecule has 5 N–H and O–H groups in total. The van der Waals surface area contributed by atoms with Crippen LogP contribution in [0.3, 0.4) is 0 Å². The second-order valence-corrected chi connectivity index (χ2v) is 3.40. The van der Waals surface area contributed by atoms with Gasteiger partial charge in [0.1, 0.15) is 6.04 Å². The van der Waals surface area contributed by atoms with Gasteiger partial charge in [0.25, 0.3) is 0 Å². The highest BCUT2D eigenvalue weighted by Crippen LogP contribution is 2.08. The molecule has 2 amide bonds. The summed E-state index contributed by atoms with van der Waals surface area (Å²) in [6.45, 7) is 0.217. The number of amides is 2. The molecule has 1 aromatic carbocycles. The summed E-state index contributed by atoms with van der Waals surface area (Å²) >= 11 is 0. The van der Waals surface area contributed by atoms with Crippen LogP contribution in [0.25, 0.3) is 0 Å². The molecule has 0 saturated heterocycles. The van der Waals surface area contributed by atoms with E-state index >= 15 is 0 Å². The van der Waals surface area contributed by atoms with Crippen molar-refractivity contribution in [3.8, 4) is 0 Å². The summed E-state index contributed by atoms with van der Waals surface area (Å²) in [4.78, 5) is 22.0. The Balaban J connectivity index is 0.00000256. The van der Waals surface area contributed by atoms with Gasteiger partial charge in [-0.25, -0.2) is 0 Å². The van der Waals surface area contributed by atoms with Gasteiger partial charge in [0.15, 0.2) is 0 Å². The maximum atomic E-state index is 11.5. The predicted octanol–water partition coefficient (Wildman–Crippen LogP) is 0.0998. The predicted molar refractivity (Wildman–Crippen MR) is 67.4 cm³/mol. The lowest BCUT2D eigenvalue weighted by Crippen LogP contribution is -2.35. The fourth-order valence-electron chi connectivity index (χ4n) is 1.23. The third kappa shape index (κ3) is 5.33. The monoisotopic (exact) mass is 257 g/mol. The molecule has 94 valence electrons. The zero-order valence-electron chi connectivity index (χ0n) is 9.26. The minimum Gasteiger partial charge on any atom is -0.370 e. The summed E-state index contributed by atoms with van der Waals surface area (Å²) in [5.41, 5.74) is 11.4. The number of benzene rings is 1. The van der Waals surface area contributed by atoms with E-state index in [0.29, 0.717) is 0 Å². The maximum absolute atomic E-state index is 11.5. The van der Waals surface area contributed by atoms with Gasteiger partial charge in [0, 0.05) is 13.0 Å². The Kier molecular flexibility index (Phi) is 6.93. The Hall–Kier alpha value is -1.59. The maximum Gasteiger partial charge on any atom is 0.241 e. The molecule has 0 aromatic heterocycles. The van der Waals surface area contributed by atoms with Crippen LogP contribution in [-0.2, 0) is 9.59 Å². The second kappa shape index (κ2) is 7.65. The standard InChI is InChI=1S/C11H15N3O2.ClH/c12-9(15)6-7-14-11(16)10(13)8-4-2-1-3-5-8;/h1-5,10H,6-7,13H2,(H2,12,15)(H,14,16);1H. The highest BCUT2D eigenvalue weighted by atomic mass is 35.5. The highest BCUT2D eigenvalue weighted by molar-refractivity contribution is 5.85. The smallest absolute Gasteiger partial charge is 0.241 e. The molecule has 1 unspecified atom stereocenters. The fraction of sp³-hybridized carbons (Fsp3) is 0.273. The van der Waals surface area contributed by atoms with Crippen molar-refractivity contribution in [2.75, 3.05) is 6.54 Å². The normalized spacial score (nSPS) is 11.1. The summed E-state index contributed by atoms with van der Waals surface area (Å²) in [5, 5.41) is 2.55. The summed E-state index contributed by atoms with van der Waals surface area (Å²) in [6, 6.07) is 8.31. The first-order valence-electron chi connectivity index (χ1n) is 4.98. The van der Waals surface area contributed by atoms with Crippen molar-refractivity contribution in [1.29, 1.82) is 0 Å². The van der Waals surface area contributed by atoms with Crippen LogP contribution in [0.5, 0.6) is 0 Å². The Bertz CT molecular complexity index is 370. The Morgan fingerprint density at radius 1 is 1.24 bits per heavy atom. The molecule has 1 aromatic rings. The van der Waals surface area contributed by atoms with Crippen LogP contribution in [0.1, 0.15) is 18.0 Å². The van der Waals surface area contributed by atoms with Crippen molar-refractivity contribution in [2.45, 2.75) is 12.5 Å². The molecule has 1 atom stereocenters. The molecule has 17 heavy (non-hydrogen) atoms. The van der Waals surface area contributed by atoms with E-state index in [1.807, 2.05) is 18.2 Å². The minimum atomic E-state index is -0.714. The van der Waals surface area contributed by atoms with E-state index in [4.69, 9.17) is 11.5 Å². The van der Waals surface area contributed by atoms with Gasteiger partial charge in [-0.15, -0.1) is 12.4 Å². The van der Waals surface area contributed by atoms with Crippen LogP contribution in [0.2, 0.25) is 0 Å². The molecule has 0 bridgehead atoms. The van der Waals surface area contributed by atoms with Gasteiger partial charge in [-0.2, -0.15) is 0 Å². The van der Waals surface area contributed by atoms with Crippen LogP contribution in [0.4, 0.5) is 0 Å². The molecule has 0 aliphatic heterocycles. The first-order valence-corrected chi connectivity index (χ1v) is 4.98. The van der Waals surface area contributed by atoms with Gasteiger partial charge in [0.05, 0.1) is 0 Å². The van der Waals surface area contributed by atoms with E-state index in [1.165, 1.54) is 0 Å². The van der Waals surface area contributed by atoms with E-state index in [0.717, 1.165) is 5.56 Å². The molecule has 0 aliphatic carbocycles. The lowest BCUT2D eigenvalue weighted by molar-refractivity contribution is -0.122. The molecule has 0 saturated carbocycles. The van der Waals surface area contributed by atoms with Gasteiger partial charge in [-0.05, 0) is 5.56 Å². The van der Waals surface area contributed by atoms with Gasteiger partial charge >= 0.3 is 0 Å². The van der Waals surface area contributed by atoms with Crippen LogP contribution >= 0.6 is 12.4 Å². The number of carbonyl (C=O) groups excluding carboxylic acids is 2. The lowest BCUT2D eigenvalue weighted by atomic mass is 10.1. The Labute approximate surface area is 106 Å². The number of rotatable bonds is 5. The highest BCUT2D eigenvalue weighted by Gasteiger charge is 2.14. The number of hydrogen-bond donors (Lipinski definition) is 3. The number of nitrogens with one attached hydrogen (secondary N) is 1. The molecule has 0 fully saturated rings. The SMILES string of the molecule is Cl.NC(=O)CCNC(=O)C(N)c1ccccc1. The van der Waals surface area contributed by atoms with Crippen molar-refractivity contribution >= 4 is 24.2 Å². The van der Waals surface area contributed by atoms with Crippen LogP contribution in [0, 0.1) is 0 Å². The first-order chi connectivity index (χ1) is 7.61. The molecule has 0 heterocycles. The van der Waals surface area contributed by atoms with Gasteiger partial charge in [-0.3, -0.25) is 9.59 Å². The van der Waals surface area contributed by atoms with E-state index in [-0.39, 0.29) is 31.3 Å².